The molecule has 18 heavy (non-hydrogen) atoms. The average Bonchev–Trinajstić information content (AvgIpc) is 2.47. The zero-order chi connectivity index (χ0) is 13.0. The Morgan fingerprint density at radius 2 is 2.11 bits per heavy atom. The van der Waals surface area contributed by atoms with Crippen LogP contribution in [-0.4, -0.2) is 29.9 Å². The predicted octanol–water partition coefficient (Wildman–Crippen LogP) is 2.04. The van der Waals surface area contributed by atoms with Gasteiger partial charge in [0.1, 0.15) is 0 Å². The molecule has 2 N–H and O–H groups in total. The van der Waals surface area contributed by atoms with Crippen LogP contribution >= 0.6 is 0 Å². The third-order valence-electron chi connectivity index (χ3n) is 3.42. The minimum Gasteiger partial charge on any atom is -0.337 e. The molecule has 0 radical (unpaired) electrons. The Hall–Kier alpha value is -1.61. The largest absolute Gasteiger partial charge is 0.337 e. The summed E-state index contributed by atoms with van der Waals surface area (Å²) in [5.74, 6) is 0.0702. The van der Waals surface area contributed by atoms with E-state index in [1.807, 2.05) is 30.0 Å². The molecule has 1 unspecified atom stereocenters. The summed E-state index contributed by atoms with van der Waals surface area (Å²) in [6, 6.07) is 9.98. The van der Waals surface area contributed by atoms with E-state index in [0.717, 1.165) is 13.0 Å². The van der Waals surface area contributed by atoms with Gasteiger partial charge in [-0.1, -0.05) is 43.3 Å². The van der Waals surface area contributed by atoms with E-state index in [0.29, 0.717) is 13.0 Å². The number of rotatable bonds is 3. The number of hydrogen-bond acceptors (Lipinski definition) is 2. The van der Waals surface area contributed by atoms with Crippen LogP contribution in [0, 0.1) is 0 Å². The van der Waals surface area contributed by atoms with Gasteiger partial charge in [0.25, 0.3) is 0 Å². The van der Waals surface area contributed by atoms with Gasteiger partial charge in [-0.2, -0.15) is 0 Å². The van der Waals surface area contributed by atoms with Crippen molar-refractivity contribution >= 4 is 11.5 Å². The lowest BCUT2D eigenvalue weighted by Gasteiger charge is -2.28. The van der Waals surface area contributed by atoms with Crippen molar-refractivity contribution in [1.29, 1.82) is 0 Å². The SMILES string of the molecule is CCC(N)C(=O)N1CC=C(c2ccccc2)CC1. The lowest BCUT2D eigenvalue weighted by Crippen LogP contribution is -2.45. The molecule has 1 amide bonds. The summed E-state index contributed by atoms with van der Waals surface area (Å²) in [6.45, 7) is 3.39. The molecule has 1 aromatic rings. The Labute approximate surface area is 108 Å². The molecule has 2 rings (SSSR count). The maximum absolute atomic E-state index is 11.9. The van der Waals surface area contributed by atoms with Crippen molar-refractivity contribution in [3.8, 4) is 0 Å². The maximum Gasteiger partial charge on any atom is 0.239 e. The number of carbonyl (C=O) groups is 1. The minimum absolute atomic E-state index is 0.0702. The summed E-state index contributed by atoms with van der Waals surface area (Å²) in [5.41, 5.74) is 8.36. The van der Waals surface area contributed by atoms with Crippen molar-refractivity contribution in [2.45, 2.75) is 25.8 Å². The summed E-state index contributed by atoms with van der Waals surface area (Å²) in [5, 5.41) is 0. The molecule has 1 heterocycles. The summed E-state index contributed by atoms with van der Waals surface area (Å²) in [6.07, 6.45) is 3.75. The number of amides is 1. The van der Waals surface area contributed by atoms with Crippen molar-refractivity contribution in [3.05, 3.63) is 42.0 Å². The zero-order valence-corrected chi connectivity index (χ0v) is 10.8. The first-order valence-electron chi connectivity index (χ1n) is 6.51. The van der Waals surface area contributed by atoms with Crippen molar-refractivity contribution in [3.63, 3.8) is 0 Å². The van der Waals surface area contributed by atoms with Crippen molar-refractivity contribution in [2.24, 2.45) is 5.73 Å². The summed E-state index contributed by atoms with van der Waals surface area (Å²) in [4.78, 5) is 13.8. The second-order valence-electron chi connectivity index (χ2n) is 4.64. The first kappa shape index (κ1) is 12.8. The molecule has 3 heteroatoms. The van der Waals surface area contributed by atoms with Gasteiger partial charge in [0.15, 0.2) is 0 Å². The van der Waals surface area contributed by atoms with Gasteiger partial charge in [-0.15, -0.1) is 0 Å². The highest BCUT2D eigenvalue weighted by Crippen LogP contribution is 2.22. The van der Waals surface area contributed by atoms with Crippen LogP contribution in [-0.2, 0) is 4.79 Å². The summed E-state index contributed by atoms with van der Waals surface area (Å²) >= 11 is 0. The molecule has 1 aromatic carbocycles. The summed E-state index contributed by atoms with van der Waals surface area (Å²) < 4.78 is 0. The molecule has 3 nitrogen and oxygen atoms in total. The Bertz CT molecular complexity index is 439. The van der Waals surface area contributed by atoms with E-state index in [-0.39, 0.29) is 11.9 Å². The molecule has 0 aromatic heterocycles. The molecular formula is C15H20N2O. The number of carbonyl (C=O) groups excluding carboxylic acids is 1. The van der Waals surface area contributed by atoms with Crippen LogP contribution in [0.15, 0.2) is 36.4 Å². The van der Waals surface area contributed by atoms with Crippen LogP contribution in [0.3, 0.4) is 0 Å². The van der Waals surface area contributed by atoms with Gasteiger partial charge in [0, 0.05) is 13.1 Å². The first-order valence-corrected chi connectivity index (χ1v) is 6.51. The monoisotopic (exact) mass is 244 g/mol. The minimum atomic E-state index is -0.350. The van der Waals surface area contributed by atoms with Gasteiger partial charge in [0.05, 0.1) is 6.04 Å². The number of nitrogens with two attached hydrogens (primary N) is 1. The second-order valence-corrected chi connectivity index (χ2v) is 4.64. The number of benzene rings is 1. The Morgan fingerprint density at radius 3 is 2.67 bits per heavy atom. The van der Waals surface area contributed by atoms with Crippen molar-refractivity contribution in [2.75, 3.05) is 13.1 Å². The van der Waals surface area contributed by atoms with Crippen LogP contribution in [0.5, 0.6) is 0 Å². The van der Waals surface area contributed by atoms with Crippen LogP contribution in [0.4, 0.5) is 0 Å². The average molecular weight is 244 g/mol. The first-order chi connectivity index (χ1) is 8.72. The van der Waals surface area contributed by atoms with Crippen molar-refractivity contribution in [1.82, 2.24) is 4.90 Å². The van der Waals surface area contributed by atoms with Crippen LogP contribution in [0.25, 0.3) is 5.57 Å². The lowest BCUT2D eigenvalue weighted by molar-refractivity contribution is -0.132. The van der Waals surface area contributed by atoms with Gasteiger partial charge >= 0.3 is 0 Å². The molecule has 0 bridgehead atoms. The van der Waals surface area contributed by atoms with Gasteiger partial charge in [-0.25, -0.2) is 0 Å². The predicted molar refractivity (Wildman–Crippen MR) is 73.9 cm³/mol. The molecule has 0 saturated carbocycles. The molecule has 1 aliphatic rings. The van der Waals surface area contributed by atoms with Gasteiger partial charge in [-0.3, -0.25) is 4.79 Å². The highest BCUT2D eigenvalue weighted by atomic mass is 16.2. The zero-order valence-electron chi connectivity index (χ0n) is 10.8. The molecule has 1 atom stereocenters. The number of nitrogens with zero attached hydrogens (tertiary/aromatic N) is 1. The summed E-state index contributed by atoms with van der Waals surface area (Å²) in [7, 11) is 0. The van der Waals surface area contributed by atoms with E-state index < -0.39 is 0 Å². The standard InChI is InChI=1S/C15H20N2O/c1-2-14(16)15(18)17-10-8-13(9-11-17)12-6-4-3-5-7-12/h3-8,14H,2,9-11,16H2,1H3. The topological polar surface area (TPSA) is 46.3 Å². The van der Waals surface area contributed by atoms with Gasteiger partial charge in [0.2, 0.25) is 5.91 Å². The third-order valence-corrected chi connectivity index (χ3v) is 3.42. The number of hydrogen-bond donors (Lipinski definition) is 1. The molecule has 0 fully saturated rings. The van der Waals surface area contributed by atoms with Crippen molar-refractivity contribution < 1.29 is 4.79 Å². The Balaban J connectivity index is 2.02. The molecule has 1 aliphatic heterocycles. The molecule has 0 saturated heterocycles. The lowest BCUT2D eigenvalue weighted by atomic mass is 9.99. The molecule has 96 valence electrons. The third kappa shape index (κ3) is 2.79. The van der Waals surface area contributed by atoms with Crippen LogP contribution < -0.4 is 5.73 Å². The maximum atomic E-state index is 11.9. The van der Waals surface area contributed by atoms with Crippen LogP contribution in [0.1, 0.15) is 25.3 Å². The van der Waals surface area contributed by atoms with E-state index in [1.165, 1.54) is 11.1 Å². The van der Waals surface area contributed by atoms with E-state index in [9.17, 15) is 4.79 Å². The smallest absolute Gasteiger partial charge is 0.239 e. The van der Waals surface area contributed by atoms with E-state index in [2.05, 4.69) is 18.2 Å². The van der Waals surface area contributed by atoms with Crippen LogP contribution in [0.2, 0.25) is 0 Å². The fourth-order valence-corrected chi connectivity index (χ4v) is 2.19. The second kappa shape index (κ2) is 5.83. The van der Waals surface area contributed by atoms with E-state index >= 15 is 0 Å². The molecule has 0 aliphatic carbocycles. The molecule has 0 spiro atoms. The highest BCUT2D eigenvalue weighted by molar-refractivity contribution is 5.82. The van der Waals surface area contributed by atoms with E-state index in [4.69, 9.17) is 5.73 Å². The Kier molecular flexibility index (Phi) is 4.15. The van der Waals surface area contributed by atoms with Gasteiger partial charge < -0.3 is 10.6 Å². The quantitative estimate of drug-likeness (QED) is 0.884. The van der Waals surface area contributed by atoms with E-state index in [1.54, 1.807) is 0 Å². The fraction of sp³-hybridized carbons (Fsp3) is 0.400. The van der Waals surface area contributed by atoms with Gasteiger partial charge in [-0.05, 0) is 24.0 Å². The fourth-order valence-electron chi connectivity index (χ4n) is 2.19. The highest BCUT2D eigenvalue weighted by Gasteiger charge is 2.21. The normalized spacial score (nSPS) is 17.2. The molecular weight excluding hydrogens is 224 g/mol. The Morgan fingerprint density at radius 1 is 1.39 bits per heavy atom.